The van der Waals surface area contributed by atoms with Crippen molar-refractivity contribution in [3.63, 3.8) is 0 Å². The summed E-state index contributed by atoms with van der Waals surface area (Å²) >= 11 is 1.21. The standard InChI is InChI=1S/C11H13N3O3S/c1-13-8-7(12)9(11(15)16-2)18-10(8)14-3-5-17-6-4-14/h3-6,12H2,2H3. The highest BCUT2D eigenvalue weighted by Gasteiger charge is 2.25. The predicted molar refractivity (Wildman–Crippen MR) is 69.4 cm³/mol. The van der Waals surface area contributed by atoms with E-state index in [4.69, 9.17) is 17.0 Å². The molecule has 6 nitrogen and oxygen atoms in total. The van der Waals surface area contributed by atoms with Gasteiger partial charge >= 0.3 is 5.97 Å². The van der Waals surface area contributed by atoms with Crippen molar-refractivity contribution in [2.75, 3.05) is 44.0 Å². The van der Waals surface area contributed by atoms with E-state index < -0.39 is 5.97 Å². The van der Waals surface area contributed by atoms with Crippen molar-refractivity contribution in [3.05, 3.63) is 16.3 Å². The highest BCUT2D eigenvalue weighted by atomic mass is 32.1. The molecule has 0 atom stereocenters. The number of nitrogens with zero attached hydrogens (tertiary/aromatic N) is 2. The van der Waals surface area contributed by atoms with E-state index in [2.05, 4.69) is 9.58 Å². The van der Waals surface area contributed by atoms with E-state index in [-0.39, 0.29) is 5.69 Å². The predicted octanol–water partition coefficient (Wildman–Crippen LogP) is 1.50. The number of nitrogens with two attached hydrogens (primary N) is 1. The van der Waals surface area contributed by atoms with Crippen molar-refractivity contribution in [2.24, 2.45) is 0 Å². The third-order valence-corrected chi connectivity index (χ3v) is 3.92. The molecule has 1 aliphatic rings. The maximum Gasteiger partial charge on any atom is 0.348 e. The molecule has 7 heteroatoms. The minimum Gasteiger partial charge on any atom is -0.465 e. The Labute approximate surface area is 109 Å². The van der Waals surface area contributed by atoms with Gasteiger partial charge in [-0.2, -0.15) is 0 Å². The number of rotatable bonds is 2. The van der Waals surface area contributed by atoms with Crippen molar-refractivity contribution in [1.29, 1.82) is 0 Å². The van der Waals surface area contributed by atoms with Crippen LogP contribution in [-0.2, 0) is 9.47 Å². The number of morpholine rings is 1. The van der Waals surface area contributed by atoms with Gasteiger partial charge in [0, 0.05) is 13.1 Å². The van der Waals surface area contributed by atoms with Gasteiger partial charge in [-0.3, -0.25) is 0 Å². The lowest BCUT2D eigenvalue weighted by molar-refractivity contribution is 0.0607. The van der Waals surface area contributed by atoms with Crippen LogP contribution in [-0.4, -0.2) is 39.4 Å². The van der Waals surface area contributed by atoms with E-state index in [1.54, 1.807) is 0 Å². The van der Waals surface area contributed by atoms with Gasteiger partial charge in [-0.1, -0.05) is 0 Å². The maximum absolute atomic E-state index is 11.6. The molecule has 1 fully saturated rings. The average molecular weight is 267 g/mol. The van der Waals surface area contributed by atoms with Crippen LogP contribution in [0, 0.1) is 6.57 Å². The quantitative estimate of drug-likeness (QED) is 0.649. The fourth-order valence-corrected chi connectivity index (χ4v) is 2.89. The molecule has 18 heavy (non-hydrogen) atoms. The Kier molecular flexibility index (Phi) is 3.69. The van der Waals surface area contributed by atoms with Crippen LogP contribution in [0.4, 0.5) is 16.4 Å². The minimum absolute atomic E-state index is 0.211. The van der Waals surface area contributed by atoms with Gasteiger partial charge in [-0.25, -0.2) is 9.64 Å². The van der Waals surface area contributed by atoms with Gasteiger partial charge < -0.3 is 20.1 Å². The van der Waals surface area contributed by atoms with Crippen LogP contribution < -0.4 is 10.6 Å². The number of hydrogen-bond donors (Lipinski definition) is 1. The largest absolute Gasteiger partial charge is 0.465 e. The van der Waals surface area contributed by atoms with Crippen molar-refractivity contribution < 1.29 is 14.3 Å². The molecular formula is C11H13N3O3S. The Hall–Kier alpha value is -1.78. The van der Waals surface area contributed by atoms with Crippen LogP contribution in [0.3, 0.4) is 0 Å². The fourth-order valence-electron chi connectivity index (χ4n) is 1.76. The smallest absolute Gasteiger partial charge is 0.348 e. The monoisotopic (exact) mass is 267 g/mol. The molecular weight excluding hydrogens is 254 g/mol. The zero-order chi connectivity index (χ0) is 13.1. The summed E-state index contributed by atoms with van der Waals surface area (Å²) in [6.45, 7) is 9.82. The Bertz CT molecular complexity index is 500. The van der Waals surface area contributed by atoms with E-state index in [1.165, 1.54) is 18.4 Å². The Morgan fingerprint density at radius 2 is 2.22 bits per heavy atom. The first-order valence-corrected chi connectivity index (χ1v) is 6.21. The molecule has 1 aromatic heterocycles. The number of carbonyl (C=O) groups excluding carboxylic acids is 1. The third-order valence-electron chi connectivity index (χ3n) is 2.68. The van der Waals surface area contributed by atoms with E-state index in [0.29, 0.717) is 36.9 Å². The van der Waals surface area contributed by atoms with E-state index in [9.17, 15) is 4.79 Å². The summed E-state index contributed by atoms with van der Waals surface area (Å²) in [6, 6.07) is 0. The topological polar surface area (TPSA) is 69.2 Å². The van der Waals surface area contributed by atoms with Crippen molar-refractivity contribution in [3.8, 4) is 0 Å². The van der Waals surface area contributed by atoms with Crippen LogP contribution in [0.25, 0.3) is 4.85 Å². The third kappa shape index (κ3) is 2.12. The molecule has 0 bridgehead atoms. The highest BCUT2D eigenvalue weighted by Crippen LogP contribution is 2.45. The first kappa shape index (κ1) is 12.7. The van der Waals surface area contributed by atoms with Crippen molar-refractivity contribution >= 4 is 33.7 Å². The average Bonchev–Trinajstić information content (AvgIpc) is 2.76. The van der Waals surface area contributed by atoms with Crippen LogP contribution >= 0.6 is 11.3 Å². The molecule has 1 saturated heterocycles. The van der Waals surface area contributed by atoms with Gasteiger partial charge in [0.05, 0.1) is 37.6 Å². The number of hydrogen-bond acceptors (Lipinski definition) is 6. The Morgan fingerprint density at radius 1 is 1.56 bits per heavy atom. The molecule has 0 saturated carbocycles. The van der Waals surface area contributed by atoms with Crippen molar-refractivity contribution in [1.82, 2.24) is 0 Å². The first-order chi connectivity index (χ1) is 8.69. The summed E-state index contributed by atoms with van der Waals surface area (Å²) < 4.78 is 9.93. The molecule has 0 radical (unpaired) electrons. The molecule has 2 heterocycles. The molecule has 1 aromatic rings. The number of methoxy groups -OCH3 is 1. The van der Waals surface area contributed by atoms with Gasteiger partial charge in [0.25, 0.3) is 0 Å². The van der Waals surface area contributed by atoms with Gasteiger partial charge in [-0.05, 0) is 0 Å². The number of ether oxygens (including phenoxy) is 2. The second-order valence-electron chi connectivity index (χ2n) is 3.70. The summed E-state index contributed by atoms with van der Waals surface area (Å²) in [7, 11) is 1.30. The van der Waals surface area contributed by atoms with Gasteiger partial charge in [-0.15, -0.1) is 11.3 Å². The van der Waals surface area contributed by atoms with Crippen LogP contribution in [0.2, 0.25) is 0 Å². The number of nitrogen functional groups attached to an aromatic ring is 1. The lowest BCUT2D eigenvalue weighted by atomic mass is 10.3. The molecule has 0 aromatic carbocycles. The Morgan fingerprint density at radius 3 is 2.78 bits per heavy atom. The van der Waals surface area contributed by atoms with E-state index in [1.807, 2.05) is 4.90 Å². The second kappa shape index (κ2) is 5.25. The molecule has 0 unspecified atom stereocenters. The summed E-state index contributed by atoms with van der Waals surface area (Å²) in [5, 5.41) is 0.728. The molecule has 96 valence electrons. The molecule has 0 aliphatic carbocycles. The molecule has 2 N–H and O–H groups in total. The number of carbonyl (C=O) groups is 1. The zero-order valence-electron chi connectivity index (χ0n) is 9.93. The first-order valence-electron chi connectivity index (χ1n) is 5.39. The fraction of sp³-hybridized carbons (Fsp3) is 0.455. The number of thiophene rings is 1. The van der Waals surface area contributed by atoms with Gasteiger partial charge in [0.15, 0.2) is 0 Å². The normalized spacial score (nSPS) is 15.2. The van der Waals surface area contributed by atoms with Crippen LogP contribution in [0.15, 0.2) is 0 Å². The van der Waals surface area contributed by atoms with E-state index in [0.717, 1.165) is 5.00 Å². The SMILES string of the molecule is [C-]#[N+]c1c(N2CCOCC2)sc(C(=O)OC)c1N. The second-order valence-corrected chi connectivity index (χ2v) is 4.70. The summed E-state index contributed by atoms with van der Waals surface area (Å²) in [6.07, 6.45) is 0. The molecule has 0 spiro atoms. The summed E-state index contributed by atoms with van der Waals surface area (Å²) in [5.74, 6) is -0.498. The van der Waals surface area contributed by atoms with Crippen LogP contribution in [0.5, 0.6) is 0 Å². The minimum atomic E-state index is -0.498. The molecule has 1 aliphatic heterocycles. The zero-order valence-corrected chi connectivity index (χ0v) is 10.7. The molecule has 2 rings (SSSR count). The van der Waals surface area contributed by atoms with Gasteiger partial charge in [0.2, 0.25) is 5.69 Å². The number of anilines is 2. The van der Waals surface area contributed by atoms with Crippen LogP contribution in [0.1, 0.15) is 9.67 Å². The summed E-state index contributed by atoms with van der Waals surface area (Å²) in [5.41, 5.74) is 6.38. The summed E-state index contributed by atoms with van der Waals surface area (Å²) in [4.78, 5) is 17.3. The highest BCUT2D eigenvalue weighted by molar-refractivity contribution is 7.19. The van der Waals surface area contributed by atoms with Crippen molar-refractivity contribution in [2.45, 2.75) is 0 Å². The van der Waals surface area contributed by atoms with E-state index >= 15 is 0 Å². The number of esters is 1. The Balaban J connectivity index is 2.40. The maximum atomic E-state index is 11.6. The lowest BCUT2D eigenvalue weighted by Gasteiger charge is -2.27. The molecule has 0 amide bonds. The lowest BCUT2D eigenvalue weighted by Crippen LogP contribution is -2.35. The van der Waals surface area contributed by atoms with Gasteiger partial charge in [0.1, 0.15) is 4.88 Å².